The monoisotopic (exact) mass is 225 g/mol. The van der Waals surface area contributed by atoms with Crippen molar-refractivity contribution < 1.29 is 0 Å². The molecule has 0 fully saturated rings. The average Bonchev–Trinajstić information content (AvgIpc) is 2.39. The summed E-state index contributed by atoms with van der Waals surface area (Å²) in [5.74, 6) is 0. The molecule has 0 amide bonds. The first kappa shape index (κ1) is 10.1. The van der Waals surface area contributed by atoms with Crippen LogP contribution in [-0.4, -0.2) is 11.5 Å². The lowest BCUT2D eigenvalue weighted by atomic mass is 9.99. The zero-order chi connectivity index (χ0) is 11.7. The van der Waals surface area contributed by atoms with E-state index in [-0.39, 0.29) is 0 Å². The van der Waals surface area contributed by atoms with Crippen LogP contribution in [0.3, 0.4) is 0 Å². The van der Waals surface area contributed by atoms with E-state index in [0.29, 0.717) is 0 Å². The molecule has 2 heterocycles. The van der Waals surface area contributed by atoms with Crippen molar-refractivity contribution in [3.05, 3.63) is 53.9 Å². The molecular weight excluding hydrogens is 210 g/mol. The second-order valence-electron chi connectivity index (χ2n) is 4.41. The summed E-state index contributed by atoms with van der Waals surface area (Å²) in [6, 6.07) is 10.3. The molecule has 0 unspecified atom stereocenters. The van der Waals surface area contributed by atoms with Gasteiger partial charge in [0.25, 0.3) is 0 Å². The Labute approximate surface area is 101 Å². The Morgan fingerprint density at radius 3 is 2.71 bits per heavy atom. The van der Waals surface area contributed by atoms with Crippen LogP contribution in [0.1, 0.15) is 11.1 Å². The van der Waals surface area contributed by atoms with Gasteiger partial charge in [-0.25, -0.2) is 0 Å². The van der Waals surface area contributed by atoms with Crippen LogP contribution < -0.4 is 10.6 Å². The van der Waals surface area contributed by atoms with E-state index in [1.807, 2.05) is 18.5 Å². The Morgan fingerprint density at radius 1 is 1.06 bits per heavy atom. The lowest BCUT2D eigenvalue weighted by Crippen LogP contribution is -2.30. The summed E-state index contributed by atoms with van der Waals surface area (Å²) in [7, 11) is 0. The predicted octanol–water partition coefficient (Wildman–Crippen LogP) is 2.23. The number of hydrogen-bond acceptors (Lipinski definition) is 3. The number of aromatic nitrogens is 1. The van der Waals surface area contributed by atoms with Crippen LogP contribution in [0.25, 0.3) is 0 Å². The summed E-state index contributed by atoms with van der Waals surface area (Å²) < 4.78 is 0. The lowest BCUT2D eigenvalue weighted by molar-refractivity contribution is 0.731. The highest BCUT2D eigenvalue weighted by Gasteiger charge is 2.16. The van der Waals surface area contributed by atoms with Crippen LogP contribution >= 0.6 is 0 Å². The summed E-state index contributed by atoms with van der Waals surface area (Å²) in [5, 5.41) is 0. The predicted molar refractivity (Wildman–Crippen MR) is 69.8 cm³/mol. The first-order valence-corrected chi connectivity index (χ1v) is 5.85. The molecule has 0 spiro atoms. The van der Waals surface area contributed by atoms with Gasteiger partial charge in [-0.2, -0.15) is 0 Å². The largest absolute Gasteiger partial charge is 0.399 e. The topological polar surface area (TPSA) is 42.1 Å². The highest BCUT2D eigenvalue weighted by Crippen LogP contribution is 2.25. The van der Waals surface area contributed by atoms with Crippen LogP contribution in [0.4, 0.5) is 11.4 Å². The van der Waals surface area contributed by atoms with Crippen LogP contribution in [0.15, 0.2) is 42.7 Å². The molecule has 17 heavy (non-hydrogen) atoms. The fourth-order valence-corrected chi connectivity index (χ4v) is 2.35. The number of anilines is 2. The molecule has 1 aromatic heterocycles. The summed E-state index contributed by atoms with van der Waals surface area (Å²) in [4.78, 5) is 6.42. The lowest BCUT2D eigenvalue weighted by Gasteiger charge is -2.30. The van der Waals surface area contributed by atoms with Gasteiger partial charge in [-0.05, 0) is 41.8 Å². The van der Waals surface area contributed by atoms with Crippen LogP contribution in [-0.2, 0) is 13.0 Å². The summed E-state index contributed by atoms with van der Waals surface area (Å²) in [6.07, 6.45) is 4.76. The van der Waals surface area contributed by atoms with E-state index in [9.17, 15) is 0 Å². The number of rotatable bonds is 1. The molecule has 0 saturated carbocycles. The summed E-state index contributed by atoms with van der Waals surface area (Å²) in [6.45, 7) is 1.99. The maximum atomic E-state index is 5.84. The highest BCUT2D eigenvalue weighted by molar-refractivity contribution is 5.52. The molecule has 86 valence electrons. The smallest absolute Gasteiger partial charge is 0.0433 e. The molecule has 3 nitrogen and oxygen atoms in total. The second-order valence-corrected chi connectivity index (χ2v) is 4.41. The molecule has 2 aromatic rings. The number of nitrogens with zero attached hydrogens (tertiary/aromatic N) is 2. The molecule has 1 aromatic carbocycles. The van der Waals surface area contributed by atoms with Crippen LogP contribution in [0.5, 0.6) is 0 Å². The molecule has 3 rings (SSSR count). The van der Waals surface area contributed by atoms with Crippen LogP contribution in [0.2, 0.25) is 0 Å². The van der Waals surface area contributed by atoms with Crippen molar-refractivity contribution in [1.29, 1.82) is 0 Å². The van der Waals surface area contributed by atoms with Gasteiger partial charge in [0, 0.05) is 36.9 Å². The molecule has 3 heteroatoms. The number of nitrogens with two attached hydrogens (primary N) is 1. The van der Waals surface area contributed by atoms with Crippen molar-refractivity contribution in [2.24, 2.45) is 0 Å². The molecule has 0 atom stereocenters. The Hall–Kier alpha value is -2.03. The van der Waals surface area contributed by atoms with E-state index in [1.165, 1.54) is 16.8 Å². The molecule has 0 saturated heterocycles. The molecule has 1 aliphatic heterocycles. The summed E-state index contributed by atoms with van der Waals surface area (Å²) in [5.41, 5.74) is 10.7. The third-order valence-electron chi connectivity index (χ3n) is 3.27. The Bertz CT molecular complexity index is 522. The van der Waals surface area contributed by atoms with Crippen molar-refractivity contribution in [3.8, 4) is 0 Å². The fourth-order valence-electron chi connectivity index (χ4n) is 2.35. The van der Waals surface area contributed by atoms with Crippen molar-refractivity contribution in [2.45, 2.75) is 13.0 Å². The Kier molecular flexibility index (Phi) is 2.44. The molecule has 1 aliphatic rings. The average molecular weight is 225 g/mol. The molecule has 0 bridgehead atoms. The standard InChI is InChI=1S/C14H15N3/c15-13-2-1-11-5-8-17(10-12(11)9-13)14-3-6-16-7-4-14/h1-4,6-7,9H,5,8,10,15H2. The van der Waals surface area contributed by atoms with E-state index in [2.05, 4.69) is 34.1 Å². The van der Waals surface area contributed by atoms with Gasteiger partial charge in [0.15, 0.2) is 0 Å². The highest BCUT2D eigenvalue weighted by atomic mass is 15.1. The third kappa shape index (κ3) is 1.96. The first-order valence-electron chi connectivity index (χ1n) is 5.85. The molecule has 2 N–H and O–H groups in total. The van der Waals surface area contributed by atoms with Gasteiger partial charge < -0.3 is 10.6 Å². The number of benzene rings is 1. The first-order chi connectivity index (χ1) is 8.33. The van der Waals surface area contributed by atoms with Gasteiger partial charge in [0.2, 0.25) is 0 Å². The Morgan fingerprint density at radius 2 is 1.88 bits per heavy atom. The Balaban J connectivity index is 1.90. The van der Waals surface area contributed by atoms with Crippen molar-refractivity contribution in [2.75, 3.05) is 17.2 Å². The van der Waals surface area contributed by atoms with Crippen molar-refractivity contribution in [3.63, 3.8) is 0 Å². The van der Waals surface area contributed by atoms with E-state index >= 15 is 0 Å². The van der Waals surface area contributed by atoms with Crippen molar-refractivity contribution >= 4 is 11.4 Å². The third-order valence-corrected chi connectivity index (χ3v) is 3.27. The zero-order valence-corrected chi connectivity index (χ0v) is 9.63. The van der Waals surface area contributed by atoms with Gasteiger partial charge in [0.05, 0.1) is 0 Å². The number of pyridine rings is 1. The zero-order valence-electron chi connectivity index (χ0n) is 9.63. The van der Waals surface area contributed by atoms with Crippen LogP contribution in [0, 0.1) is 0 Å². The molecular formula is C14H15N3. The minimum atomic E-state index is 0.848. The number of fused-ring (bicyclic) bond motifs is 1. The maximum Gasteiger partial charge on any atom is 0.0433 e. The summed E-state index contributed by atoms with van der Waals surface area (Å²) >= 11 is 0. The van der Waals surface area contributed by atoms with Crippen molar-refractivity contribution in [1.82, 2.24) is 4.98 Å². The number of nitrogen functional groups attached to an aromatic ring is 1. The quantitative estimate of drug-likeness (QED) is 0.757. The van der Waals surface area contributed by atoms with Gasteiger partial charge >= 0.3 is 0 Å². The minimum absolute atomic E-state index is 0.848. The normalized spacial score (nSPS) is 14.5. The van der Waals surface area contributed by atoms with Gasteiger partial charge in [-0.1, -0.05) is 6.07 Å². The van der Waals surface area contributed by atoms with Gasteiger partial charge in [-0.3, -0.25) is 4.98 Å². The fraction of sp³-hybridized carbons (Fsp3) is 0.214. The van der Waals surface area contributed by atoms with E-state index in [4.69, 9.17) is 5.73 Å². The van der Waals surface area contributed by atoms with E-state index < -0.39 is 0 Å². The number of hydrogen-bond donors (Lipinski definition) is 1. The SMILES string of the molecule is Nc1ccc2c(c1)CN(c1ccncc1)CC2. The molecule has 0 aliphatic carbocycles. The molecule has 0 radical (unpaired) electrons. The minimum Gasteiger partial charge on any atom is -0.399 e. The van der Waals surface area contributed by atoms with E-state index in [0.717, 1.165) is 25.2 Å². The van der Waals surface area contributed by atoms with Gasteiger partial charge in [-0.15, -0.1) is 0 Å². The second kappa shape index (κ2) is 4.09. The van der Waals surface area contributed by atoms with Gasteiger partial charge in [0.1, 0.15) is 0 Å². The maximum absolute atomic E-state index is 5.84. The van der Waals surface area contributed by atoms with E-state index in [1.54, 1.807) is 0 Å².